The molecule has 3 nitrogen and oxygen atoms in total. The SMILES string of the molecule is CCCOc1cc(N)cc(Nc2cccc(F)c2)c1. The van der Waals surface area contributed by atoms with Crippen molar-refractivity contribution in [2.75, 3.05) is 17.7 Å². The number of benzene rings is 2. The van der Waals surface area contributed by atoms with E-state index in [9.17, 15) is 4.39 Å². The van der Waals surface area contributed by atoms with Crippen LogP contribution in [0, 0.1) is 5.82 Å². The average Bonchev–Trinajstić information content (AvgIpc) is 2.35. The van der Waals surface area contributed by atoms with Crippen molar-refractivity contribution in [1.82, 2.24) is 0 Å². The predicted octanol–water partition coefficient (Wildman–Crippen LogP) is 3.94. The number of nitrogen functional groups attached to an aromatic ring is 1. The molecule has 0 atom stereocenters. The van der Waals surface area contributed by atoms with Crippen molar-refractivity contribution in [3.05, 3.63) is 48.3 Å². The number of nitrogens with two attached hydrogens (primary N) is 1. The van der Waals surface area contributed by atoms with Crippen LogP contribution in [0.4, 0.5) is 21.5 Å². The average molecular weight is 260 g/mol. The Labute approximate surface area is 112 Å². The monoisotopic (exact) mass is 260 g/mol. The quantitative estimate of drug-likeness (QED) is 0.800. The Balaban J connectivity index is 2.17. The summed E-state index contributed by atoms with van der Waals surface area (Å²) in [6.45, 7) is 2.68. The van der Waals surface area contributed by atoms with E-state index >= 15 is 0 Å². The molecule has 0 aliphatic heterocycles. The topological polar surface area (TPSA) is 47.3 Å². The number of ether oxygens (including phenoxy) is 1. The minimum Gasteiger partial charge on any atom is -0.493 e. The molecule has 19 heavy (non-hydrogen) atoms. The number of rotatable bonds is 5. The largest absolute Gasteiger partial charge is 0.493 e. The number of halogens is 1. The summed E-state index contributed by atoms with van der Waals surface area (Å²) >= 11 is 0. The smallest absolute Gasteiger partial charge is 0.125 e. The zero-order valence-corrected chi connectivity index (χ0v) is 10.8. The first-order valence-corrected chi connectivity index (χ1v) is 6.23. The van der Waals surface area contributed by atoms with Gasteiger partial charge in [-0.3, -0.25) is 0 Å². The maximum Gasteiger partial charge on any atom is 0.125 e. The lowest BCUT2D eigenvalue weighted by molar-refractivity contribution is 0.318. The molecule has 0 aliphatic carbocycles. The molecule has 2 aromatic carbocycles. The zero-order valence-electron chi connectivity index (χ0n) is 10.8. The summed E-state index contributed by atoms with van der Waals surface area (Å²) in [5, 5.41) is 3.10. The standard InChI is InChI=1S/C15H17FN2O/c1-2-6-19-15-9-12(17)8-14(10-15)18-13-5-3-4-11(16)7-13/h3-5,7-10,18H,2,6,17H2,1H3. The summed E-state index contributed by atoms with van der Waals surface area (Å²) in [5.41, 5.74) is 7.87. The van der Waals surface area contributed by atoms with E-state index < -0.39 is 0 Å². The second kappa shape index (κ2) is 6.09. The van der Waals surface area contributed by atoms with E-state index in [4.69, 9.17) is 10.5 Å². The van der Waals surface area contributed by atoms with E-state index in [2.05, 4.69) is 5.32 Å². The van der Waals surface area contributed by atoms with Crippen molar-refractivity contribution in [2.24, 2.45) is 0 Å². The highest BCUT2D eigenvalue weighted by molar-refractivity contribution is 5.66. The number of hydrogen-bond donors (Lipinski definition) is 2. The summed E-state index contributed by atoms with van der Waals surface area (Å²) in [7, 11) is 0. The van der Waals surface area contributed by atoms with Crippen LogP contribution in [0.25, 0.3) is 0 Å². The van der Waals surface area contributed by atoms with Gasteiger partial charge in [0.15, 0.2) is 0 Å². The number of nitrogens with one attached hydrogen (secondary N) is 1. The maximum atomic E-state index is 13.1. The van der Waals surface area contributed by atoms with E-state index in [1.807, 2.05) is 13.0 Å². The molecule has 4 heteroatoms. The normalized spacial score (nSPS) is 10.2. The lowest BCUT2D eigenvalue weighted by Crippen LogP contribution is -1.98. The lowest BCUT2D eigenvalue weighted by atomic mass is 10.2. The van der Waals surface area contributed by atoms with Gasteiger partial charge in [-0.25, -0.2) is 4.39 Å². The molecule has 2 rings (SSSR count). The molecule has 0 saturated carbocycles. The van der Waals surface area contributed by atoms with Gasteiger partial charge in [-0.05, 0) is 30.7 Å². The molecule has 100 valence electrons. The highest BCUT2D eigenvalue weighted by Crippen LogP contribution is 2.25. The molecule has 0 heterocycles. The zero-order chi connectivity index (χ0) is 13.7. The number of anilines is 3. The molecular formula is C15H17FN2O. The van der Waals surface area contributed by atoms with Crippen LogP contribution in [-0.2, 0) is 0 Å². The Kier molecular flexibility index (Phi) is 4.23. The first-order chi connectivity index (χ1) is 9.17. The third-order valence-electron chi connectivity index (χ3n) is 2.52. The number of hydrogen-bond acceptors (Lipinski definition) is 3. The molecule has 0 bridgehead atoms. The van der Waals surface area contributed by atoms with E-state index in [1.165, 1.54) is 12.1 Å². The van der Waals surface area contributed by atoms with Crippen LogP contribution in [0.1, 0.15) is 13.3 Å². The molecule has 0 amide bonds. The highest BCUT2D eigenvalue weighted by atomic mass is 19.1. The molecule has 0 aliphatic rings. The van der Waals surface area contributed by atoms with E-state index in [-0.39, 0.29) is 5.82 Å². The van der Waals surface area contributed by atoms with Crippen LogP contribution in [0.3, 0.4) is 0 Å². The fraction of sp³-hybridized carbons (Fsp3) is 0.200. The second-order valence-electron chi connectivity index (χ2n) is 4.27. The van der Waals surface area contributed by atoms with Gasteiger partial charge >= 0.3 is 0 Å². The fourth-order valence-electron chi connectivity index (χ4n) is 1.73. The summed E-state index contributed by atoms with van der Waals surface area (Å²) in [4.78, 5) is 0. The van der Waals surface area contributed by atoms with Crippen LogP contribution in [0.2, 0.25) is 0 Å². The molecule has 2 aromatic rings. The van der Waals surface area contributed by atoms with Gasteiger partial charge < -0.3 is 15.8 Å². The lowest BCUT2D eigenvalue weighted by Gasteiger charge is -2.11. The van der Waals surface area contributed by atoms with Gasteiger partial charge in [-0.1, -0.05) is 13.0 Å². The minimum atomic E-state index is -0.281. The molecule has 0 aromatic heterocycles. The van der Waals surface area contributed by atoms with Gasteiger partial charge in [0.1, 0.15) is 11.6 Å². The van der Waals surface area contributed by atoms with Crippen LogP contribution in [-0.4, -0.2) is 6.61 Å². The molecule has 0 spiro atoms. The summed E-state index contributed by atoms with van der Waals surface area (Å²) in [6.07, 6.45) is 0.932. The first kappa shape index (κ1) is 13.2. The van der Waals surface area contributed by atoms with Crippen molar-refractivity contribution < 1.29 is 9.13 Å². The second-order valence-corrected chi connectivity index (χ2v) is 4.27. The van der Waals surface area contributed by atoms with Gasteiger partial charge in [-0.2, -0.15) is 0 Å². The van der Waals surface area contributed by atoms with Crippen LogP contribution < -0.4 is 15.8 Å². The van der Waals surface area contributed by atoms with Gasteiger partial charge in [-0.15, -0.1) is 0 Å². The maximum absolute atomic E-state index is 13.1. The Morgan fingerprint density at radius 1 is 1.16 bits per heavy atom. The van der Waals surface area contributed by atoms with Crippen LogP contribution >= 0.6 is 0 Å². The Morgan fingerprint density at radius 3 is 2.74 bits per heavy atom. The highest BCUT2D eigenvalue weighted by Gasteiger charge is 2.01. The molecule has 3 N–H and O–H groups in total. The molecular weight excluding hydrogens is 243 g/mol. The van der Waals surface area contributed by atoms with Gasteiger partial charge in [0.25, 0.3) is 0 Å². The van der Waals surface area contributed by atoms with E-state index in [1.54, 1.807) is 24.3 Å². The first-order valence-electron chi connectivity index (χ1n) is 6.23. The molecule has 0 saturated heterocycles. The van der Waals surface area contributed by atoms with E-state index in [0.29, 0.717) is 23.7 Å². The van der Waals surface area contributed by atoms with Crippen LogP contribution in [0.15, 0.2) is 42.5 Å². The van der Waals surface area contributed by atoms with Gasteiger partial charge in [0.05, 0.1) is 6.61 Å². The summed E-state index contributed by atoms with van der Waals surface area (Å²) in [6, 6.07) is 11.7. The molecule has 0 fully saturated rings. The van der Waals surface area contributed by atoms with Crippen molar-refractivity contribution in [2.45, 2.75) is 13.3 Å². The third kappa shape index (κ3) is 3.88. The molecule has 0 radical (unpaired) electrons. The summed E-state index contributed by atoms with van der Waals surface area (Å²) in [5.74, 6) is 0.428. The van der Waals surface area contributed by atoms with Crippen molar-refractivity contribution in [1.29, 1.82) is 0 Å². The van der Waals surface area contributed by atoms with E-state index in [0.717, 1.165) is 12.1 Å². The predicted molar refractivity (Wildman–Crippen MR) is 76.3 cm³/mol. The van der Waals surface area contributed by atoms with Crippen molar-refractivity contribution in [3.8, 4) is 5.75 Å². The Hall–Kier alpha value is -2.23. The van der Waals surface area contributed by atoms with Crippen molar-refractivity contribution >= 4 is 17.1 Å². The van der Waals surface area contributed by atoms with Gasteiger partial charge in [0.2, 0.25) is 0 Å². The van der Waals surface area contributed by atoms with Gasteiger partial charge in [0, 0.05) is 29.2 Å². The molecule has 0 unspecified atom stereocenters. The van der Waals surface area contributed by atoms with Crippen LogP contribution in [0.5, 0.6) is 5.75 Å². The fourth-order valence-corrected chi connectivity index (χ4v) is 1.73. The minimum absolute atomic E-state index is 0.281. The third-order valence-corrected chi connectivity index (χ3v) is 2.52. The summed E-state index contributed by atoms with van der Waals surface area (Å²) < 4.78 is 18.6. The Morgan fingerprint density at radius 2 is 2.00 bits per heavy atom. The van der Waals surface area contributed by atoms with Crippen molar-refractivity contribution in [3.63, 3.8) is 0 Å². The Bertz CT molecular complexity index is 558.